The minimum Gasteiger partial charge on any atom is -0.364 e. The zero-order chi connectivity index (χ0) is 8.81. The van der Waals surface area contributed by atoms with Crippen LogP contribution in [0.2, 0.25) is 0 Å². The molecule has 0 radical (unpaired) electrons. The summed E-state index contributed by atoms with van der Waals surface area (Å²) in [6.07, 6.45) is 4.11. The van der Waals surface area contributed by atoms with E-state index in [1.807, 2.05) is 10.8 Å². The van der Waals surface area contributed by atoms with Crippen LogP contribution in [-0.4, -0.2) is 18.2 Å². The molecule has 1 heterocycles. The van der Waals surface area contributed by atoms with Gasteiger partial charge >= 0.3 is 0 Å². The van der Waals surface area contributed by atoms with Gasteiger partial charge < -0.3 is 14.6 Å². The number of hydrogen-bond donors (Lipinski definition) is 1. The third kappa shape index (κ3) is 2.68. The monoisotopic (exact) mass is 168 g/mol. The van der Waals surface area contributed by atoms with E-state index < -0.39 is 0 Å². The topological polar surface area (TPSA) is 26.2 Å². The highest BCUT2D eigenvalue weighted by Crippen LogP contribution is 2.00. The van der Waals surface area contributed by atoms with E-state index in [-0.39, 0.29) is 0 Å². The van der Waals surface area contributed by atoms with Crippen LogP contribution >= 0.6 is 0 Å². The van der Waals surface area contributed by atoms with Crippen molar-refractivity contribution in [3.63, 3.8) is 0 Å². The molecule has 0 aromatic carbocycles. The summed E-state index contributed by atoms with van der Waals surface area (Å²) in [4.78, 5) is 0. The minimum atomic E-state index is 0.631. The van der Waals surface area contributed by atoms with Gasteiger partial charge in [-0.25, -0.2) is 0 Å². The van der Waals surface area contributed by atoms with Crippen LogP contribution in [0.1, 0.15) is 12.5 Å². The average molecular weight is 168 g/mol. The van der Waals surface area contributed by atoms with Gasteiger partial charge in [0.25, 0.3) is 0 Å². The maximum absolute atomic E-state index is 4.99. The van der Waals surface area contributed by atoms with Gasteiger partial charge in [-0.3, -0.25) is 0 Å². The number of nitrogens with one attached hydrogen (secondary N) is 1. The first-order valence-corrected chi connectivity index (χ1v) is 4.21. The SMILES string of the molecule is CCNCc1ccn(COC)c1. The quantitative estimate of drug-likeness (QED) is 0.715. The van der Waals surface area contributed by atoms with Gasteiger partial charge in [0.1, 0.15) is 6.73 Å². The van der Waals surface area contributed by atoms with Gasteiger partial charge in [0, 0.05) is 26.0 Å². The molecule has 3 heteroatoms. The molecule has 0 saturated heterocycles. The predicted octanol–water partition coefficient (Wildman–Crippen LogP) is 1.20. The Morgan fingerprint density at radius 2 is 2.42 bits per heavy atom. The number of aromatic nitrogens is 1. The van der Waals surface area contributed by atoms with E-state index in [2.05, 4.69) is 24.5 Å². The number of ether oxygens (including phenoxy) is 1. The summed E-state index contributed by atoms with van der Waals surface area (Å²) in [5.74, 6) is 0. The molecule has 0 bridgehead atoms. The Morgan fingerprint density at radius 1 is 1.58 bits per heavy atom. The van der Waals surface area contributed by atoms with E-state index in [0.717, 1.165) is 13.1 Å². The van der Waals surface area contributed by atoms with E-state index in [1.165, 1.54) is 5.56 Å². The van der Waals surface area contributed by atoms with Gasteiger partial charge in [-0.05, 0) is 18.2 Å². The first kappa shape index (κ1) is 9.29. The molecule has 68 valence electrons. The first-order valence-electron chi connectivity index (χ1n) is 4.21. The fourth-order valence-electron chi connectivity index (χ4n) is 1.09. The van der Waals surface area contributed by atoms with E-state index in [1.54, 1.807) is 7.11 Å². The second-order valence-electron chi connectivity index (χ2n) is 2.73. The molecular weight excluding hydrogens is 152 g/mol. The summed E-state index contributed by atoms with van der Waals surface area (Å²) >= 11 is 0. The van der Waals surface area contributed by atoms with E-state index >= 15 is 0 Å². The fourth-order valence-corrected chi connectivity index (χ4v) is 1.09. The second-order valence-corrected chi connectivity index (χ2v) is 2.73. The fraction of sp³-hybridized carbons (Fsp3) is 0.556. The lowest BCUT2D eigenvalue weighted by Gasteiger charge is -1.99. The molecule has 0 fully saturated rings. The van der Waals surface area contributed by atoms with Crippen molar-refractivity contribution < 1.29 is 4.74 Å². The van der Waals surface area contributed by atoms with Crippen LogP contribution in [0.4, 0.5) is 0 Å². The van der Waals surface area contributed by atoms with Gasteiger partial charge in [0.05, 0.1) is 0 Å². The lowest BCUT2D eigenvalue weighted by molar-refractivity contribution is 0.131. The normalized spacial score (nSPS) is 10.5. The van der Waals surface area contributed by atoms with Crippen LogP contribution < -0.4 is 5.32 Å². The van der Waals surface area contributed by atoms with Gasteiger partial charge in [-0.2, -0.15) is 0 Å². The van der Waals surface area contributed by atoms with Crippen LogP contribution in [0.5, 0.6) is 0 Å². The number of nitrogens with zero attached hydrogens (tertiary/aromatic N) is 1. The Morgan fingerprint density at radius 3 is 3.08 bits per heavy atom. The Bertz CT molecular complexity index is 220. The lowest BCUT2D eigenvalue weighted by Crippen LogP contribution is -2.11. The van der Waals surface area contributed by atoms with Crippen molar-refractivity contribution in [2.75, 3.05) is 13.7 Å². The molecule has 1 aromatic heterocycles. The Kier molecular flexibility index (Phi) is 3.84. The van der Waals surface area contributed by atoms with Crippen molar-refractivity contribution in [1.29, 1.82) is 0 Å². The Balaban J connectivity index is 2.41. The van der Waals surface area contributed by atoms with Crippen LogP contribution in [0.25, 0.3) is 0 Å². The lowest BCUT2D eigenvalue weighted by atomic mass is 10.3. The minimum absolute atomic E-state index is 0.631. The van der Waals surface area contributed by atoms with Crippen LogP contribution in [0, 0.1) is 0 Å². The Labute approximate surface area is 73.3 Å². The number of methoxy groups -OCH3 is 1. The molecule has 0 unspecified atom stereocenters. The summed E-state index contributed by atoms with van der Waals surface area (Å²) in [6.45, 7) is 4.68. The second kappa shape index (κ2) is 4.95. The zero-order valence-corrected chi connectivity index (χ0v) is 7.71. The maximum Gasteiger partial charge on any atom is 0.121 e. The molecule has 0 aliphatic rings. The van der Waals surface area contributed by atoms with Gasteiger partial charge in [-0.1, -0.05) is 6.92 Å². The van der Waals surface area contributed by atoms with Crippen LogP contribution in [0.3, 0.4) is 0 Å². The molecule has 1 rings (SSSR count). The largest absolute Gasteiger partial charge is 0.364 e. The molecule has 0 saturated carbocycles. The van der Waals surface area contributed by atoms with Crippen molar-refractivity contribution in [3.8, 4) is 0 Å². The molecule has 1 N–H and O–H groups in total. The van der Waals surface area contributed by atoms with Crippen LogP contribution in [0.15, 0.2) is 18.5 Å². The van der Waals surface area contributed by atoms with Crippen molar-refractivity contribution in [1.82, 2.24) is 9.88 Å². The van der Waals surface area contributed by atoms with Crippen molar-refractivity contribution in [3.05, 3.63) is 24.0 Å². The summed E-state index contributed by atoms with van der Waals surface area (Å²) in [5.41, 5.74) is 1.30. The van der Waals surface area contributed by atoms with E-state index in [0.29, 0.717) is 6.73 Å². The van der Waals surface area contributed by atoms with Crippen molar-refractivity contribution in [2.45, 2.75) is 20.2 Å². The smallest absolute Gasteiger partial charge is 0.121 e. The average Bonchev–Trinajstić information content (AvgIpc) is 2.50. The Hall–Kier alpha value is -0.800. The highest BCUT2D eigenvalue weighted by Gasteiger charge is 1.94. The van der Waals surface area contributed by atoms with Gasteiger partial charge in [0.15, 0.2) is 0 Å². The van der Waals surface area contributed by atoms with Gasteiger partial charge in [-0.15, -0.1) is 0 Å². The predicted molar refractivity (Wildman–Crippen MR) is 48.8 cm³/mol. The van der Waals surface area contributed by atoms with Crippen molar-refractivity contribution >= 4 is 0 Å². The molecule has 0 atom stereocenters. The molecule has 0 amide bonds. The highest BCUT2D eigenvalue weighted by molar-refractivity contribution is 5.09. The first-order chi connectivity index (χ1) is 5.86. The summed E-state index contributed by atoms with van der Waals surface area (Å²) < 4.78 is 7.01. The molecule has 12 heavy (non-hydrogen) atoms. The van der Waals surface area contributed by atoms with Crippen LogP contribution in [-0.2, 0) is 18.0 Å². The molecule has 3 nitrogen and oxygen atoms in total. The van der Waals surface area contributed by atoms with Crippen molar-refractivity contribution in [2.24, 2.45) is 0 Å². The molecular formula is C9H16N2O. The summed E-state index contributed by atoms with van der Waals surface area (Å²) in [6, 6.07) is 2.10. The summed E-state index contributed by atoms with van der Waals surface area (Å²) in [7, 11) is 1.70. The third-order valence-electron chi connectivity index (χ3n) is 1.67. The molecule has 0 aliphatic heterocycles. The highest BCUT2D eigenvalue weighted by atomic mass is 16.5. The molecule has 1 aromatic rings. The standard InChI is InChI=1S/C9H16N2O/c1-3-10-6-9-4-5-11(7-9)8-12-2/h4-5,7,10H,3,6,8H2,1-2H3. The summed E-state index contributed by atoms with van der Waals surface area (Å²) in [5, 5.41) is 3.27. The van der Waals surface area contributed by atoms with E-state index in [9.17, 15) is 0 Å². The van der Waals surface area contributed by atoms with Gasteiger partial charge in [0.2, 0.25) is 0 Å². The third-order valence-corrected chi connectivity index (χ3v) is 1.67. The maximum atomic E-state index is 4.99. The molecule has 0 aliphatic carbocycles. The van der Waals surface area contributed by atoms with E-state index in [4.69, 9.17) is 4.74 Å². The number of hydrogen-bond acceptors (Lipinski definition) is 2. The molecule has 0 spiro atoms. The number of rotatable bonds is 5. The zero-order valence-electron chi connectivity index (χ0n) is 7.71.